The van der Waals surface area contributed by atoms with Crippen LogP contribution in [0.2, 0.25) is 0 Å². The molecule has 4 rings (SSSR count). The molecule has 0 saturated carbocycles. The van der Waals surface area contributed by atoms with E-state index in [9.17, 15) is 13.2 Å². The minimum Gasteiger partial charge on any atom is -0.460 e. The van der Waals surface area contributed by atoms with Gasteiger partial charge in [-0.2, -0.15) is 5.10 Å². The fraction of sp³-hybridized carbons (Fsp3) is 0.462. The molecule has 0 N–H and O–H groups in total. The van der Waals surface area contributed by atoms with Crippen LogP contribution in [0.3, 0.4) is 0 Å². The Kier molecular flexibility index (Phi) is 6.98. The molecule has 1 fully saturated rings. The zero-order valence-electron chi connectivity index (χ0n) is 20.4. The van der Waals surface area contributed by atoms with Crippen LogP contribution in [0.25, 0.3) is 17.0 Å². The number of hydrogen-bond acceptors (Lipinski definition) is 5. The molecule has 1 amide bonds. The Hall–Kier alpha value is -2.87. The lowest BCUT2D eigenvalue weighted by atomic mass is 10.1. The van der Waals surface area contributed by atoms with Crippen LogP contribution >= 0.6 is 0 Å². The lowest BCUT2D eigenvalue weighted by Gasteiger charge is -2.16. The number of benzene rings is 1. The molecule has 0 radical (unpaired) electrons. The number of rotatable bonds is 8. The van der Waals surface area contributed by atoms with E-state index < -0.39 is 9.84 Å². The zero-order valence-corrected chi connectivity index (χ0v) is 21.2. The van der Waals surface area contributed by atoms with Crippen molar-refractivity contribution in [3.63, 3.8) is 0 Å². The molecule has 2 aromatic heterocycles. The van der Waals surface area contributed by atoms with Crippen LogP contribution in [0, 0.1) is 13.8 Å². The van der Waals surface area contributed by atoms with Crippen LogP contribution in [-0.4, -0.2) is 47.6 Å². The van der Waals surface area contributed by atoms with Crippen molar-refractivity contribution >= 4 is 32.8 Å². The minimum atomic E-state index is -3.00. The molecule has 1 atom stereocenters. The molecule has 1 unspecified atom stereocenters. The Balaban J connectivity index is 1.51. The number of likely N-dealkylation sites (N-methyl/N-ethyl adjacent to an activating group) is 1. The van der Waals surface area contributed by atoms with Gasteiger partial charge in [-0.05, 0) is 38.8 Å². The highest BCUT2D eigenvalue weighted by Crippen LogP contribution is 2.29. The SMILES string of the molecule is CCCCc1oc2ccccc2c1/C=C/C(=O)N(C)Cc1c(C)nn(C2CCS(=O)(=O)C2)c1C. The second-order valence-corrected chi connectivity index (χ2v) is 11.4. The molecule has 8 heteroatoms. The van der Waals surface area contributed by atoms with Gasteiger partial charge in [-0.15, -0.1) is 0 Å². The number of aromatic nitrogens is 2. The zero-order chi connectivity index (χ0) is 24.5. The molecular weight excluding hydrogens is 450 g/mol. The topological polar surface area (TPSA) is 85.4 Å². The summed E-state index contributed by atoms with van der Waals surface area (Å²) in [6.45, 7) is 6.42. The molecule has 182 valence electrons. The van der Waals surface area contributed by atoms with E-state index in [1.54, 1.807) is 18.0 Å². The number of carbonyl (C=O) groups is 1. The average molecular weight is 484 g/mol. The smallest absolute Gasteiger partial charge is 0.246 e. The number of amides is 1. The van der Waals surface area contributed by atoms with Crippen LogP contribution in [0.5, 0.6) is 0 Å². The fourth-order valence-corrected chi connectivity index (χ4v) is 6.36. The number of para-hydroxylation sites is 1. The third kappa shape index (κ3) is 4.97. The van der Waals surface area contributed by atoms with Crippen molar-refractivity contribution < 1.29 is 17.6 Å². The van der Waals surface area contributed by atoms with Gasteiger partial charge in [-0.1, -0.05) is 31.5 Å². The highest BCUT2D eigenvalue weighted by atomic mass is 32.2. The van der Waals surface area contributed by atoms with Crippen molar-refractivity contribution in [3.05, 3.63) is 58.6 Å². The van der Waals surface area contributed by atoms with Gasteiger partial charge >= 0.3 is 0 Å². The first-order valence-electron chi connectivity index (χ1n) is 11.9. The maximum Gasteiger partial charge on any atom is 0.246 e. The first-order valence-corrected chi connectivity index (χ1v) is 13.7. The van der Waals surface area contributed by atoms with E-state index in [4.69, 9.17) is 4.42 Å². The van der Waals surface area contributed by atoms with E-state index in [1.165, 1.54) is 0 Å². The van der Waals surface area contributed by atoms with Gasteiger partial charge < -0.3 is 9.32 Å². The van der Waals surface area contributed by atoms with Crippen molar-refractivity contribution in [2.75, 3.05) is 18.6 Å². The van der Waals surface area contributed by atoms with E-state index in [0.717, 1.165) is 58.5 Å². The Morgan fingerprint density at radius 1 is 1.29 bits per heavy atom. The summed E-state index contributed by atoms with van der Waals surface area (Å²) in [5.41, 5.74) is 4.51. The summed E-state index contributed by atoms with van der Waals surface area (Å²) in [4.78, 5) is 14.6. The van der Waals surface area contributed by atoms with Crippen LogP contribution in [-0.2, 0) is 27.6 Å². The molecule has 34 heavy (non-hydrogen) atoms. The van der Waals surface area contributed by atoms with Gasteiger partial charge in [0.05, 0.1) is 23.2 Å². The third-order valence-corrected chi connectivity index (χ3v) is 8.41. The minimum absolute atomic E-state index is 0.110. The van der Waals surface area contributed by atoms with Crippen molar-refractivity contribution in [1.82, 2.24) is 14.7 Å². The molecule has 3 heterocycles. The predicted molar refractivity (Wildman–Crippen MR) is 134 cm³/mol. The third-order valence-electron chi connectivity index (χ3n) is 6.66. The quantitative estimate of drug-likeness (QED) is 0.437. The molecule has 1 aliphatic heterocycles. The predicted octanol–water partition coefficient (Wildman–Crippen LogP) is 4.62. The Morgan fingerprint density at radius 2 is 2.06 bits per heavy atom. The Bertz CT molecular complexity index is 1330. The van der Waals surface area contributed by atoms with Gasteiger partial charge in [0, 0.05) is 48.3 Å². The van der Waals surface area contributed by atoms with Crippen LogP contribution in [0.4, 0.5) is 0 Å². The van der Waals surface area contributed by atoms with Crippen molar-refractivity contribution in [3.8, 4) is 0 Å². The maximum absolute atomic E-state index is 13.0. The number of hydrogen-bond donors (Lipinski definition) is 0. The molecule has 7 nitrogen and oxygen atoms in total. The monoisotopic (exact) mass is 483 g/mol. The Morgan fingerprint density at radius 3 is 2.76 bits per heavy atom. The van der Waals surface area contributed by atoms with E-state index >= 15 is 0 Å². The van der Waals surface area contributed by atoms with Gasteiger partial charge in [-0.3, -0.25) is 9.48 Å². The van der Waals surface area contributed by atoms with Gasteiger partial charge in [-0.25, -0.2) is 8.42 Å². The summed E-state index contributed by atoms with van der Waals surface area (Å²) >= 11 is 0. The van der Waals surface area contributed by atoms with E-state index in [-0.39, 0.29) is 23.5 Å². The lowest BCUT2D eigenvalue weighted by Crippen LogP contribution is -2.25. The second kappa shape index (κ2) is 9.78. The summed E-state index contributed by atoms with van der Waals surface area (Å²) in [6.07, 6.45) is 6.98. The largest absolute Gasteiger partial charge is 0.460 e. The molecule has 0 bridgehead atoms. The highest BCUT2D eigenvalue weighted by molar-refractivity contribution is 7.91. The van der Waals surface area contributed by atoms with Gasteiger partial charge in [0.15, 0.2) is 9.84 Å². The van der Waals surface area contributed by atoms with Crippen LogP contribution < -0.4 is 0 Å². The van der Waals surface area contributed by atoms with E-state index in [2.05, 4.69) is 12.0 Å². The summed E-state index contributed by atoms with van der Waals surface area (Å²) in [5.74, 6) is 1.14. The van der Waals surface area contributed by atoms with E-state index in [0.29, 0.717) is 13.0 Å². The number of carbonyl (C=O) groups excluding carboxylic acids is 1. The first kappa shape index (κ1) is 24.3. The average Bonchev–Trinajstić information content (AvgIpc) is 3.44. The summed E-state index contributed by atoms with van der Waals surface area (Å²) < 4.78 is 31.7. The number of unbranched alkanes of at least 4 members (excludes halogenated alkanes) is 1. The lowest BCUT2D eigenvalue weighted by molar-refractivity contribution is -0.125. The Labute approximate surface area is 201 Å². The van der Waals surface area contributed by atoms with Crippen molar-refractivity contribution in [2.24, 2.45) is 0 Å². The summed E-state index contributed by atoms with van der Waals surface area (Å²) in [5, 5.41) is 5.63. The highest BCUT2D eigenvalue weighted by Gasteiger charge is 2.31. The van der Waals surface area contributed by atoms with E-state index in [1.807, 2.05) is 48.9 Å². The summed E-state index contributed by atoms with van der Waals surface area (Å²) in [7, 11) is -1.22. The number of sulfone groups is 1. The van der Waals surface area contributed by atoms with Crippen molar-refractivity contribution in [2.45, 2.75) is 59.0 Å². The maximum atomic E-state index is 13.0. The summed E-state index contributed by atoms with van der Waals surface area (Å²) in [6, 6.07) is 7.77. The molecule has 1 aromatic carbocycles. The number of furan rings is 1. The molecule has 3 aromatic rings. The molecule has 0 aliphatic carbocycles. The number of fused-ring (bicyclic) bond motifs is 1. The number of aryl methyl sites for hydroxylation is 2. The molecular formula is C26H33N3O4S. The van der Waals surface area contributed by atoms with Gasteiger partial charge in [0.2, 0.25) is 5.91 Å². The normalized spacial score (nSPS) is 17.7. The first-order chi connectivity index (χ1) is 16.2. The molecule has 1 saturated heterocycles. The standard InChI is InChI=1S/C26H33N3O4S/c1-5-6-10-24-22(21-9-7-8-11-25(21)33-24)12-13-26(30)28(4)16-23-18(2)27-29(19(23)3)20-14-15-34(31,32)17-20/h7-9,11-13,20H,5-6,10,14-17H2,1-4H3/b13-12+. The van der Waals surface area contributed by atoms with Crippen LogP contribution in [0.15, 0.2) is 34.8 Å². The number of nitrogens with zero attached hydrogens (tertiary/aromatic N) is 3. The van der Waals surface area contributed by atoms with Crippen LogP contribution in [0.1, 0.15) is 60.5 Å². The van der Waals surface area contributed by atoms with Crippen molar-refractivity contribution in [1.29, 1.82) is 0 Å². The molecule has 1 aliphatic rings. The van der Waals surface area contributed by atoms with Gasteiger partial charge in [0.1, 0.15) is 11.3 Å². The second-order valence-electron chi connectivity index (χ2n) is 9.22. The fourth-order valence-electron chi connectivity index (χ4n) is 4.67. The molecule has 0 spiro atoms. The van der Waals surface area contributed by atoms with Gasteiger partial charge in [0.25, 0.3) is 0 Å².